The number of para-hydroxylation sites is 1. The first kappa shape index (κ1) is 24.8. The van der Waals surface area contributed by atoms with Crippen molar-refractivity contribution in [1.82, 2.24) is 10.3 Å². The van der Waals surface area contributed by atoms with E-state index in [-0.39, 0.29) is 11.7 Å². The second-order valence-electron chi connectivity index (χ2n) is 7.80. The Morgan fingerprint density at radius 1 is 1.26 bits per heavy atom. The van der Waals surface area contributed by atoms with Crippen molar-refractivity contribution in [1.29, 1.82) is 0 Å². The number of aryl methyl sites for hydroxylation is 1. The topological polar surface area (TPSA) is 90.9 Å². The van der Waals surface area contributed by atoms with Gasteiger partial charge in [-0.1, -0.05) is 51.3 Å². The second-order valence-corrected chi connectivity index (χ2v) is 9.24. The van der Waals surface area contributed by atoms with Gasteiger partial charge in [-0.15, -0.1) is 0 Å². The van der Waals surface area contributed by atoms with Crippen LogP contribution in [0.5, 0.6) is 0 Å². The molecule has 1 saturated carbocycles. The molecule has 1 aromatic carbocycles. The van der Waals surface area contributed by atoms with Gasteiger partial charge >= 0.3 is 0 Å². The number of benzene rings is 1. The predicted octanol–water partition coefficient (Wildman–Crippen LogP) is 3.41. The van der Waals surface area contributed by atoms with E-state index in [2.05, 4.69) is 22.5 Å². The van der Waals surface area contributed by atoms with Crippen LogP contribution in [0.2, 0.25) is 0 Å². The average Bonchev–Trinajstić information content (AvgIpc) is 3.56. The summed E-state index contributed by atoms with van der Waals surface area (Å²) in [4.78, 5) is 25.8. The zero-order chi connectivity index (χ0) is 22.8. The molecule has 1 aliphatic carbocycles. The fourth-order valence-electron chi connectivity index (χ4n) is 3.35. The Morgan fingerprint density at radius 3 is 2.55 bits per heavy atom. The highest BCUT2D eigenvalue weighted by Gasteiger charge is 2.26. The minimum absolute atomic E-state index is 0.142. The number of nitrogens with one attached hydrogen (secondary N) is 2. The van der Waals surface area contributed by atoms with Crippen molar-refractivity contribution in [3.63, 3.8) is 0 Å². The van der Waals surface area contributed by atoms with Crippen LogP contribution in [0.25, 0.3) is 0 Å². The van der Waals surface area contributed by atoms with Crippen LogP contribution in [0.3, 0.4) is 0 Å². The van der Waals surface area contributed by atoms with E-state index in [9.17, 15) is 13.8 Å². The number of carbonyl (C=O) groups is 2. The lowest BCUT2D eigenvalue weighted by Gasteiger charge is -2.25. The largest absolute Gasteiger partial charge is 0.322 e. The lowest BCUT2D eigenvalue weighted by molar-refractivity contribution is -0.118. The molecule has 2 rings (SSSR count). The fourth-order valence-corrected chi connectivity index (χ4v) is 3.79. The van der Waals surface area contributed by atoms with Crippen LogP contribution >= 0.6 is 0 Å². The van der Waals surface area contributed by atoms with Crippen LogP contribution in [0, 0.1) is 5.92 Å². The van der Waals surface area contributed by atoms with Gasteiger partial charge in [0.15, 0.2) is 0 Å². The number of anilines is 1. The van der Waals surface area contributed by atoms with Crippen molar-refractivity contribution in [2.75, 3.05) is 23.9 Å². The number of hydrazone groups is 1. The van der Waals surface area contributed by atoms with Gasteiger partial charge in [0.2, 0.25) is 5.91 Å². The van der Waals surface area contributed by atoms with Gasteiger partial charge < -0.3 is 10.6 Å². The summed E-state index contributed by atoms with van der Waals surface area (Å²) in [6.45, 7) is 8.23. The smallest absolute Gasteiger partial charge is 0.255 e. The molecule has 0 radical (unpaired) electrons. The van der Waals surface area contributed by atoms with Crippen LogP contribution in [0.1, 0.15) is 51.5 Å². The maximum absolute atomic E-state index is 13.3. The molecular weight excluding hydrogens is 412 g/mol. The maximum atomic E-state index is 13.3. The molecule has 7 nitrogen and oxygen atoms in total. The molecule has 31 heavy (non-hydrogen) atoms. The number of rotatable bonds is 13. The van der Waals surface area contributed by atoms with Gasteiger partial charge in [0.05, 0.1) is 5.57 Å². The van der Waals surface area contributed by atoms with Crippen LogP contribution < -0.4 is 10.6 Å². The van der Waals surface area contributed by atoms with Gasteiger partial charge in [0.25, 0.3) is 5.91 Å². The predicted molar refractivity (Wildman–Crippen MR) is 127 cm³/mol. The molecule has 0 aromatic heterocycles. The van der Waals surface area contributed by atoms with E-state index in [4.69, 9.17) is 0 Å². The lowest BCUT2D eigenvalue weighted by Crippen LogP contribution is -2.38. The molecule has 2 N–H and O–H groups in total. The van der Waals surface area contributed by atoms with E-state index >= 15 is 0 Å². The summed E-state index contributed by atoms with van der Waals surface area (Å²) in [5, 5.41) is 11.5. The zero-order valence-electron chi connectivity index (χ0n) is 18.8. The first-order valence-electron chi connectivity index (χ1n) is 10.9. The Bertz CT molecular complexity index is 849. The summed E-state index contributed by atoms with van der Waals surface area (Å²) < 4.78 is 11.5. The SMILES string of the molecule is C=NN(CCC1CC1)/C(NC(=O)CS(C)=O)=C(\CCC)C(=O)Nc1ccccc1CC. The van der Waals surface area contributed by atoms with E-state index in [1.807, 2.05) is 38.1 Å². The summed E-state index contributed by atoms with van der Waals surface area (Å²) >= 11 is 0. The van der Waals surface area contributed by atoms with E-state index in [1.165, 1.54) is 19.1 Å². The molecule has 0 saturated heterocycles. The lowest BCUT2D eigenvalue weighted by atomic mass is 10.1. The monoisotopic (exact) mass is 446 g/mol. The van der Waals surface area contributed by atoms with Gasteiger partial charge in [-0.25, -0.2) is 5.01 Å². The summed E-state index contributed by atoms with van der Waals surface area (Å²) in [6, 6.07) is 7.67. The minimum atomic E-state index is -1.29. The van der Waals surface area contributed by atoms with E-state index in [0.29, 0.717) is 36.7 Å². The van der Waals surface area contributed by atoms with E-state index in [0.717, 1.165) is 24.1 Å². The molecule has 170 valence electrons. The van der Waals surface area contributed by atoms with Gasteiger partial charge in [0.1, 0.15) is 11.6 Å². The average molecular weight is 447 g/mol. The third kappa shape index (κ3) is 7.94. The highest BCUT2D eigenvalue weighted by atomic mass is 32.2. The van der Waals surface area contributed by atoms with Gasteiger partial charge in [-0.2, -0.15) is 5.10 Å². The van der Waals surface area contributed by atoms with Crippen molar-refractivity contribution < 1.29 is 13.8 Å². The molecule has 0 bridgehead atoms. The first-order chi connectivity index (χ1) is 14.9. The van der Waals surface area contributed by atoms with E-state index in [1.54, 1.807) is 5.01 Å². The quantitative estimate of drug-likeness (QED) is 0.276. The van der Waals surface area contributed by atoms with Gasteiger partial charge in [0, 0.05) is 36.0 Å². The zero-order valence-corrected chi connectivity index (χ0v) is 19.6. The third-order valence-corrected chi connectivity index (χ3v) is 5.84. The molecule has 0 aliphatic heterocycles. The van der Waals surface area contributed by atoms with Crippen LogP contribution in [0.15, 0.2) is 40.8 Å². The molecule has 0 heterocycles. The van der Waals surface area contributed by atoms with E-state index < -0.39 is 16.7 Å². The first-order valence-corrected chi connectivity index (χ1v) is 12.6. The van der Waals surface area contributed by atoms with Crippen molar-refractivity contribution in [3.8, 4) is 0 Å². The standard InChI is InChI=1S/C23H34N4O3S/c1-5-9-19(23(29)25-20-11-8-7-10-18(20)6-2)22(26-21(28)16-31(4)30)27(24-3)15-14-17-12-13-17/h7-8,10-11,17H,3,5-6,9,12-16H2,1-2,4H3,(H,25,29)(H,26,28)/b22-19+. The fraction of sp³-hybridized carbons (Fsp3) is 0.522. The number of hydrogen-bond acceptors (Lipinski definition) is 5. The highest BCUT2D eigenvalue weighted by molar-refractivity contribution is 7.85. The van der Waals surface area contributed by atoms with Crippen molar-refractivity contribution >= 4 is 35.0 Å². The highest BCUT2D eigenvalue weighted by Crippen LogP contribution is 2.33. The van der Waals surface area contributed by atoms with Crippen LogP contribution in [-0.2, 0) is 26.8 Å². The maximum Gasteiger partial charge on any atom is 0.255 e. The molecule has 1 fully saturated rings. The summed E-state index contributed by atoms with van der Waals surface area (Å²) in [5.41, 5.74) is 2.22. The number of nitrogens with zero attached hydrogens (tertiary/aromatic N) is 2. The van der Waals surface area contributed by atoms with Crippen LogP contribution in [0.4, 0.5) is 5.69 Å². The molecule has 1 aromatic rings. The normalized spacial score (nSPS) is 14.9. The van der Waals surface area contributed by atoms with Crippen LogP contribution in [-0.4, -0.2) is 46.3 Å². The summed E-state index contributed by atoms with van der Waals surface area (Å²) in [6.07, 6.45) is 6.74. The van der Waals surface area contributed by atoms with Gasteiger partial charge in [-0.3, -0.25) is 13.8 Å². The number of carbonyl (C=O) groups excluding carboxylic acids is 2. The molecular formula is C23H34N4O3S. The molecule has 1 aliphatic rings. The second kappa shape index (κ2) is 12.4. The Labute approximate surface area is 187 Å². The Hall–Kier alpha value is -2.48. The molecule has 8 heteroatoms. The summed E-state index contributed by atoms with van der Waals surface area (Å²) in [7, 11) is -1.29. The minimum Gasteiger partial charge on any atom is -0.322 e. The number of hydrogen-bond donors (Lipinski definition) is 2. The van der Waals surface area contributed by atoms with Gasteiger partial charge in [-0.05, 0) is 36.8 Å². The molecule has 2 amide bonds. The Balaban J connectivity index is 2.39. The summed E-state index contributed by atoms with van der Waals surface area (Å²) in [5.74, 6) is 0.155. The third-order valence-electron chi connectivity index (χ3n) is 5.17. The van der Waals surface area contributed by atoms with Crippen molar-refractivity contribution in [3.05, 3.63) is 41.2 Å². The molecule has 1 atom stereocenters. The Kier molecular flexibility index (Phi) is 9.91. The number of amides is 2. The van der Waals surface area contributed by atoms with Crippen molar-refractivity contribution in [2.45, 2.75) is 52.4 Å². The Morgan fingerprint density at radius 2 is 1.97 bits per heavy atom. The molecule has 1 unspecified atom stereocenters. The molecule has 0 spiro atoms. The van der Waals surface area contributed by atoms with Crippen molar-refractivity contribution in [2.24, 2.45) is 11.0 Å².